The van der Waals surface area contributed by atoms with E-state index in [0.29, 0.717) is 24.1 Å². The van der Waals surface area contributed by atoms with Crippen LogP contribution >= 0.6 is 0 Å². The zero-order valence-electron chi connectivity index (χ0n) is 18.3. The van der Waals surface area contributed by atoms with Gasteiger partial charge in [-0.2, -0.15) is 0 Å². The number of benzene rings is 1. The normalized spacial score (nSPS) is 16.8. The van der Waals surface area contributed by atoms with Crippen molar-refractivity contribution in [3.05, 3.63) is 61.5 Å². The lowest BCUT2D eigenvalue weighted by molar-refractivity contribution is -0.124. The van der Waals surface area contributed by atoms with Crippen molar-refractivity contribution < 1.29 is 14.0 Å². The first-order valence-corrected chi connectivity index (χ1v) is 10.6. The third-order valence-corrected chi connectivity index (χ3v) is 5.91. The molecule has 1 atom stereocenters. The first-order chi connectivity index (χ1) is 15.1. The Balaban J connectivity index is 2.03. The Morgan fingerprint density at radius 3 is 2.53 bits per heavy atom. The lowest BCUT2D eigenvalue weighted by Gasteiger charge is -2.33. The van der Waals surface area contributed by atoms with E-state index in [1.165, 1.54) is 12.1 Å². The number of aromatic nitrogens is 2. The van der Waals surface area contributed by atoms with Gasteiger partial charge in [0.2, 0.25) is 5.91 Å². The molecule has 1 aliphatic heterocycles. The predicted octanol–water partition coefficient (Wildman–Crippen LogP) is 0.630. The Morgan fingerprint density at radius 2 is 1.91 bits per heavy atom. The molecule has 2 aromatic rings. The number of anilines is 1. The van der Waals surface area contributed by atoms with Crippen LogP contribution in [0, 0.1) is 12.7 Å². The maximum absolute atomic E-state index is 13.6. The lowest BCUT2D eigenvalue weighted by atomic mass is 10.0. The van der Waals surface area contributed by atoms with Gasteiger partial charge in [0.05, 0.1) is 19.1 Å². The minimum Gasteiger partial charge on any atom is -0.384 e. The number of nitrogen functional groups attached to an aromatic ring is 1. The second kappa shape index (κ2) is 9.47. The SMILES string of the molecule is CCn1c(=O)c(C(=O)CN2CCCCC2C(N)=O)c(N)n(Cc2ccc(F)c(C)c2)c1=O. The number of rotatable bonds is 7. The summed E-state index contributed by atoms with van der Waals surface area (Å²) < 4.78 is 15.7. The second-order valence-electron chi connectivity index (χ2n) is 8.07. The van der Waals surface area contributed by atoms with Crippen LogP contribution in [0.15, 0.2) is 27.8 Å². The first kappa shape index (κ1) is 23.4. The fraction of sp³-hybridized carbons (Fsp3) is 0.455. The highest BCUT2D eigenvalue weighted by Crippen LogP contribution is 2.18. The van der Waals surface area contributed by atoms with Crippen LogP contribution in [0.1, 0.15) is 47.7 Å². The van der Waals surface area contributed by atoms with Crippen molar-refractivity contribution in [2.24, 2.45) is 5.73 Å². The quantitative estimate of drug-likeness (QED) is 0.601. The summed E-state index contributed by atoms with van der Waals surface area (Å²) in [6, 6.07) is 3.79. The van der Waals surface area contributed by atoms with Crippen molar-refractivity contribution in [1.82, 2.24) is 14.0 Å². The van der Waals surface area contributed by atoms with E-state index in [4.69, 9.17) is 11.5 Å². The molecule has 1 aromatic heterocycles. The molecule has 0 radical (unpaired) electrons. The van der Waals surface area contributed by atoms with Crippen LogP contribution in [0.25, 0.3) is 0 Å². The van der Waals surface area contributed by atoms with Crippen LogP contribution in [-0.4, -0.2) is 44.9 Å². The zero-order chi connectivity index (χ0) is 23.6. The van der Waals surface area contributed by atoms with Crippen LogP contribution in [0.2, 0.25) is 0 Å². The van der Waals surface area contributed by atoms with Crippen LogP contribution in [0.4, 0.5) is 10.2 Å². The van der Waals surface area contributed by atoms with E-state index in [2.05, 4.69) is 0 Å². The standard InChI is InChI=1S/C22H28FN5O4/c1-3-27-21(31)18(17(29)12-26-9-5-4-6-16(26)20(25)30)19(24)28(22(27)32)11-14-7-8-15(23)13(2)10-14/h7-8,10,16H,3-6,9,11-12,24H2,1-2H3,(H2,25,30). The Hall–Kier alpha value is -3.27. The number of nitrogens with two attached hydrogens (primary N) is 2. The summed E-state index contributed by atoms with van der Waals surface area (Å²) in [7, 11) is 0. The van der Waals surface area contributed by atoms with Crippen LogP contribution < -0.4 is 22.7 Å². The van der Waals surface area contributed by atoms with E-state index in [9.17, 15) is 23.6 Å². The third kappa shape index (κ3) is 4.50. The summed E-state index contributed by atoms with van der Waals surface area (Å²) in [4.78, 5) is 52.4. The summed E-state index contributed by atoms with van der Waals surface area (Å²) >= 11 is 0. The van der Waals surface area contributed by atoms with Crippen molar-refractivity contribution in [3.63, 3.8) is 0 Å². The van der Waals surface area contributed by atoms with Crippen LogP contribution in [0.5, 0.6) is 0 Å². The average Bonchev–Trinajstić information content (AvgIpc) is 2.74. The minimum atomic E-state index is -0.765. The van der Waals surface area contributed by atoms with Crippen LogP contribution in [-0.2, 0) is 17.9 Å². The summed E-state index contributed by atoms with van der Waals surface area (Å²) in [5.74, 6) is -1.72. The van der Waals surface area contributed by atoms with Crippen LogP contribution in [0.3, 0.4) is 0 Å². The summed E-state index contributed by atoms with van der Waals surface area (Å²) in [5, 5.41) is 0. The van der Waals surface area contributed by atoms with E-state index in [-0.39, 0.29) is 36.8 Å². The molecular formula is C22H28FN5O4. The highest BCUT2D eigenvalue weighted by atomic mass is 19.1. The molecule has 10 heteroatoms. The van der Waals surface area contributed by atoms with Gasteiger partial charge in [0.1, 0.15) is 17.2 Å². The predicted molar refractivity (Wildman–Crippen MR) is 118 cm³/mol. The van der Waals surface area contributed by atoms with E-state index in [0.717, 1.165) is 22.0 Å². The maximum Gasteiger partial charge on any atom is 0.332 e. The number of halogens is 1. The number of primary amides is 1. The Bertz CT molecular complexity index is 1170. The molecule has 4 N–H and O–H groups in total. The fourth-order valence-corrected chi connectivity index (χ4v) is 4.16. The number of aryl methyl sites for hydroxylation is 1. The van der Waals surface area contributed by atoms with Gasteiger partial charge in [0.15, 0.2) is 5.78 Å². The molecule has 172 valence electrons. The molecule has 1 fully saturated rings. The van der Waals surface area contributed by atoms with Gasteiger partial charge in [-0.3, -0.25) is 28.4 Å². The largest absolute Gasteiger partial charge is 0.384 e. The number of likely N-dealkylation sites (tertiary alicyclic amines) is 1. The van der Waals surface area contributed by atoms with Gasteiger partial charge in [-0.1, -0.05) is 18.6 Å². The average molecular weight is 445 g/mol. The monoisotopic (exact) mass is 445 g/mol. The van der Waals surface area contributed by atoms with Gasteiger partial charge in [-0.25, -0.2) is 9.18 Å². The molecule has 1 saturated heterocycles. The lowest BCUT2D eigenvalue weighted by Crippen LogP contribution is -2.51. The molecule has 1 amide bonds. The molecule has 2 heterocycles. The Morgan fingerprint density at radius 1 is 1.19 bits per heavy atom. The summed E-state index contributed by atoms with van der Waals surface area (Å²) in [6.07, 6.45) is 2.17. The van der Waals surface area contributed by atoms with E-state index in [1.807, 2.05) is 0 Å². The van der Waals surface area contributed by atoms with Crippen molar-refractivity contribution >= 4 is 17.5 Å². The molecule has 3 rings (SSSR count). The molecule has 9 nitrogen and oxygen atoms in total. The van der Waals surface area contributed by atoms with E-state index < -0.39 is 29.0 Å². The second-order valence-corrected chi connectivity index (χ2v) is 8.07. The molecule has 1 unspecified atom stereocenters. The van der Waals surface area contributed by atoms with E-state index in [1.54, 1.807) is 24.8 Å². The smallest absolute Gasteiger partial charge is 0.332 e. The molecule has 1 aliphatic rings. The maximum atomic E-state index is 13.6. The van der Waals surface area contributed by atoms with Gasteiger partial charge in [0, 0.05) is 6.54 Å². The molecule has 0 spiro atoms. The summed E-state index contributed by atoms with van der Waals surface area (Å²) in [6.45, 7) is 3.53. The number of carbonyl (C=O) groups is 2. The third-order valence-electron chi connectivity index (χ3n) is 5.91. The van der Waals surface area contributed by atoms with Gasteiger partial charge in [0.25, 0.3) is 5.56 Å². The van der Waals surface area contributed by atoms with Crippen molar-refractivity contribution in [2.45, 2.75) is 52.2 Å². The highest BCUT2D eigenvalue weighted by molar-refractivity contribution is 6.01. The van der Waals surface area contributed by atoms with Crippen molar-refractivity contribution in [3.8, 4) is 0 Å². The number of hydrogen-bond donors (Lipinski definition) is 2. The first-order valence-electron chi connectivity index (χ1n) is 10.6. The molecule has 1 aromatic carbocycles. The molecule has 0 bridgehead atoms. The van der Waals surface area contributed by atoms with Gasteiger partial charge in [-0.15, -0.1) is 0 Å². The Labute approximate surface area is 184 Å². The van der Waals surface area contributed by atoms with Gasteiger partial charge in [-0.05, 0) is 50.4 Å². The number of Topliss-reactive ketones (excluding diaryl/α,β-unsaturated/α-hetero) is 1. The number of nitrogens with zero attached hydrogens (tertiary/aromatic N) is 3. The number of ketones is 1. The number of hydrogen-bond acceptors (Lipinski definition) is 6. The molecular weight excluding hydrogens is 417 g/mol. The molecule has 0 saturated carbocycles. The minimum absolute atomic E-state index is 0.0278. The highest BCUT2D eigenvalue weighted by Gasteiger charge is 2.31. The Kier molecular flexibility index (Phi) is 6.93. The fourth-order valence-electron chi connectivity index (χ4n) is 4.16. The number of amides is 1. The van der Waals surface area contributed by atoms with Gasteiger partial charge >= 0.3 is 5.69 Å². The molecule has 32 heavy (non-hydrogen) atoms. The number of carbonyl (C=O) groups excluding carboxylic acids is 2. The topological polar surface area (TPSA) is 133 Å². The number of piperidine rings is 1. The van der Waals surface area contributed by atoms with E-state index >= 15 is 0 Å². The zero-order valence-corrected chi connectivity index (χ0v) is 18.3. The van der Waals surface area contributed by atoms with Crippen molar-refractivity contribution in [1.29, 1.82) is 0 Å². The molecule has 0 aliphatic carbocycles. The van der Waals surface area contributed by atoms with Gasteiger partial charge < -0.3 is 11.5 Å². The van der Waals surface area contributed by atoms with Crippen molar-refractivity contribution in [2.75, 3.05) is 18.8 Å². The summed E-state index contributed by atoms with van der Waals surface area (Å²) in [5.41, 5.74) is 10.9.